The normalized spacial score (nSPS) is 12.0. The summed E-state index contributed by atoms with van der Waals surface area (Å²) in [6, 6.07) is 10.4. The van der Waals surface area contributed by atoms with Crippen molar-refractivity contribution in [2.24, 2.45) is 0 Å². The second kappa shape index (κ2) is 8.35. The molecule has 24 heavy (non-hydrogen) atoms. The quantitative estimate of drug-likeness (QED) is 0.598. The Morgan fingerprint density at radius 3 is 2.67 bits per heavy atom. The lowest BCUT2D eigenvalue weighted by molar-refractivity contribution is -0.148. The van der Waals surface area contributed by atoms with Crippen molar-refractivity contribution in [1.82, 2.24) is 0 Å². The molecule has 1 N–H and O–H groups in total. The van der Waals surface area contributed by atoms with Gasteiger partial charge in [-0.2, -0.15) is 0 Å². The van der Waals surface area contributed by atoms with E-state index in [0.29, 0.717) is 21.9 Å². The van der Waals surface area contributed by atoms with E-state index < -0.39 is 18.0 Å². The molecule has 1 atom stereocenters. The van der Waals surface area contributed by atoms with E-state index in [0.717, 1.165) is 0 Å². The highest BCUT2D eigenvalue weighted by molar-refractivity contribution is 9.10. The van der Waals surface area contributed by atoms with Crippen LogP contribution in [0.3, 0.4) is 0 Å². The zero-order chi connectivity index (χ0) is 17.5. The van der Waals surface area contributed by atoms with Gasteiger partial charge in [0.1, 0.15) is 11.5 Å². The third-order valence-electron chi connectivity index (χ3n) is 3.00. The Morgan fingerprint density at radius 1 is 1.25 bits per heavy atom. The van der Waals surface area contributed by atoms with Gasteiger partial charge in [0.2, 0.25) is 0 Å². The molecule has 2 rings (SSSR count). The van der Waals surface area contributed by atoms with E-state index >= 15 is 0 Å². The van der Waals surface area contributed by atoms with E-state index in [9.17, 15) is 9.59 Å². The fourth-order valence-corrected chi connectivity index (χ4v) is 2.14. The highest BCUT2D eigenvalue weighted by atomic mass is 79.9. The van der Waals surface area contributed by atoms with Gasteiger partial charge in [0.25, 0.3) is 5.91 Å². The van der Waals surface area contributed by atoms with Crippen LogP contribution < -0.4 is 10.1 Å². The number of nitrogens with one attached hydrogen (secondary N) is 1. The molecule has 0 aliphatic heterocycles. The van der Waals surface area contributed by atoms with Gasteiger partial charge in [0, 0.05) is 6.08 Å². The third-order valence-corrected chi connectivity index (χ3v) is 3.43. The number of para-hydroxylation sites is 2. The number of hydrogen-bond acceptors (Lipinski definition) is 5. The molecule has 0 saturated carbocycles. The van der Waals surface area contributed by atoms with Gasteiger partial charge in [-0.15, -0.1) is 0 Å². The van der Waals surface area contributed by atoms with Crippen molar-refractivity contribution >= 4 is 39.6 Å². The maximum atomic E-state index is 12.1. The number of rotatable bonds is 6. The Bertz CT molecular complexity index is 753. The predicted octanol–water partition coefficient (Wildman–Crippen LogP) is 3.63. The molecule has 0 aliphatic rings. The van der Waals surface area contributed by atoms with E-state index in [1.54, 1.807) is 36.4 Å². The molecule has 0 aliphatic carbocycles. The average Bonchev–Trinajstić information content (AvgIpc) is 2.99. The van der Waals surface area contributed by atoms with Gasteiger partial charge in [-0.3, -0.25) is 4.79 Å². The van der Waals surface area contributed by atoms with Crippen molar-refractivity contribution < 1.29 is 23.5 Å². The number of carbonyl (C=O) groups is 2. The summed E-state index contributed by atoms with van der Waals surface area (Å²) >= 11 is 3.16. The number of benzene rings is 1. The van der Waals surface area contributed by atoms with Crippen LogP contribution in [-0.2, 0) is 14.3 Å². The van der Waals surface area contributed by atoms with E-state index in [1.165, 1.54) is 26.2 Å². The lowest BCUT2D eigenvalue weighted by atomic mass is 10.2. The van der Waals surface area contributed by atoms with Gasteiger partial charge < -0.3 is 19.2 Å². The van der Waals surface area contributed by atoms with Gasteiger partial charge >= 0.3 is 5.97 Å². The number of amides is 1. The Labute approximate surface area is 147 Å². The molecule has 1 amide bonds. The van der Waals surface area contributed by atoms with E-state index in [2.05, 4.69) is 21.2 Å². The van der Waals surface area contributed by atoms with Crippen molar-refractivity contribution in [1.29, 1.82) is 0 Å². The first-order valence-corrected chi connectivity index (χ1v) is 7.87. The van der Waals surface area contributed by atoms with E-state index in [1.807, 2.05) is 0 Å². The number of carbonyl (C=O) groups excluding carboxylic acids is 2. The van der Waals surface area contributed by atoms with Gasteiger partial charge in [0.15, 0.2) is 10.8 Å². The number of esters is 1. The first-order chi connectivity index (χ1) is 11.5. The van der Waals surface area contributed by atoms with E-state index in [-0.39, 0.29) is 0 Å². The SMILES string of the molecule is COc1ccccc1NC(=O)[C@H](C)OC(=O)/C=C/c1ccc(Br)o1. The third kappa shape index (κ3) is 4.99. The molecule has 0 radical (unpaired) electrons. The molecule has 0 unspecified atom stereocenters. The average molecular weight is 394 g/mol. The molecule has 1 aromatic heterocycles. The fourth-order valence-electron chi connectivity index (χ4n) is 1.82. The summed E-state index contributed by atoms with van der Waals surface area (Å²) in [4.78, 5) is 23.8. The fraction of sp³-hybridized carbons (Fsp3) is 0.176. The standard InChI is InChI=1S/C17H16BrNO5/c1-11(17(21)19-13-5-3-4-6-14(13)22-2)23-16(20)10-8-12-7-9-15(18)24-12/h3-11H,1-2H3,(H,19,21)/b10-8+/t11-/m0/s1. The minimum Gasteiger partial charge on any atom is -0.495 e. The van der Waals surface area contributed by atoms with Crippen LogP contribution >= 0.6 is 15.9 Å². The molecule has 7 heteroatoms. The summed E-state index contributed by atoms with van der Waals surface area (Å²) in [6.45, 7) is 1.49. The van der Waals surface area contributed by atoms with Crippen LogP contribution in [0, 0.1) is 0 Å². The lowest BCUT2D eigenvalue weighted by Crippen LogP contribution is -2.29. The molecule has 2 aromatic rings. The Hall–Kier alpha value is -2.54. The Balaban J connectivity index is 1.91. The summed E-state index contributed by atoms with van der Waals surface area (Å²) in [5.74, 6) is -0.0928. The maximum absolute atomic E-state index is 12.1. The van der Waals surface area contributed by atoms with Crippen LogP contribution in [0.15, 0.2) is 51.6 Å². The zero-order valence-electron chi connectivity index (χ0n) is 13.1. The van der Waals surface area contributed by atoms with Crippen molar-refractivity contribution in [3.8, 4) is 5.75 Å². The molecule has 0 fully saturated rings. The summed E-state index contributed by atoms with van der Waals surface area (Å²) in [5.41, 5.74) is 0.504. The van der Waals surface area contributed by atoms with Crippen LogP contribution in [0.5, 0.6) is 5.75 Å². The van der Waals surface area contributed by atoms with Gasteiger partial charge in [-0.1, -0.05) is 12.1 Å². The van der Waals surface area contributed by atoms with Crippen molar-refractivity contribution in [3.05, 3.63) is 52.9 Å². The van der Waals surface area contributed by atoms with Crippen LogP contribution in [0.25, 0.3) is 6.08 Å². The summed E-state index contributed by atoms with van der Waals surface area (Å²) < 4.78 is 16.0. The number of anilines is 1. The van der Waals surface area contributed by atoms with E-state index in [4.69, 9.17) is 13.9 Å². The zero-order valence-corrected chi connectivity index (χ0v) is 14.7. The second-order valence-corrected chi connectivity index (χ2v) is 5.53. The van der Waals surface area contributed by atoms with Crippen molar-refractivity contribution in [3.63, 3.8) is 0 Å². The number of ether oxygens (including phenoxy) is 2. The van der Waals surface area contributed by atoms with Crippen molar-refractivity contribution in [2.75, 3.05) is 12.4 Å². The molecule has 0 saturated heterocycles. The predicted molar refractivity (Wildman–Crippen MR) is 92.6 cm³/mol. The number of methoxy groups -OCH3 is 1. The molecule has 126 valence electrons. The highest BCUT2D eigenvalue weighted by Gasteiger charge is 2.18. The molecular weight excluding hydrogens is 378 g/mol. The lowest BCUT2D eigenvalue weighted by Gasteiger charge is -2.14. The van der Waals surface area contributed by atoms with Crippen molar-refractivity contribution in [2.45, 2.75) is 13.0 Å². The van der Waals surface area contributed by atoms with Gasteiger partial charge in [0.05, 0.1) is 12.8 Å². The maximum Gasteiger partial charge on any atom is 0.331 e. The minimum atomic E-state index is -0.963. The highest BCUT2D eigenvalue weighted by Crippen LogP contribution is 2.23. The van der Waals surface area contributed by atoms with Crippen LogP contribution in [0.1, 0.15) is 12.7 Å². The van der Waals surface area contributed by atoms with Crippen LogP contribution in [0.4, 0.5) is 5.69 Å². The Morgan fingerprint density at radius 2 is 2.00 bits per heavy atom. The molecule has 0 bridgehead atoms. The van der Waals surface area contributed by atoms with Crippen LogP contribution in [0.2, 0.25) is 0 Å². The molecule has 0 spiro atoms. The molecular formula is C17H16BrNO5. The largest absolute Gasteiger partial charge is 0.495 e. The second-order valence-electron chi connectivity index (χ2n) is 4.74. The van der Waals surface area contributed by atoms with Gasteiger partial charge in [-0.25, -0.2) is 4.79 Å². The Kier molecular flexibility index (Phi) is 6.20. The summed E-state index contributed by atoms with van der Waals surface area (Å²) in [5, 5.41) is 2.65. The number of furan rings is 1. The molecule has 1 heterocycles. The number of halogens is 1. The minimum absolute atomic E-state index is 0.456. The summed E-state index contributed by atoms with van der Waals surface area (Å²) in [6.07, 6.45) is 1.69. The van der Waals surface area contributed by atoms with Gasteiger partial charge in [-0.05, 0) is 53.2 Å². The first-order valence-electron chi connectivity index (χ1n) is 7.07. The summed E-state index contributed by atoms with van der Waals surface area (Å²) in [7, 11) is 1.51. The monoisotopic (exact) mass is 393 g/mol. The smallest absolute Gasteiger partial charge is 0.331 e. The molecule has 6 nitrogen and oxygen atoms in total. The number of hydrogen-bond donors (Lipinski definition) is 1. The van der Waals surface area contributed by atoms with Crippen LogP contribution in [-0.4, -0.2) is 25.1 Å². The first kappa shape index (κ1) is 17.8. The topological polar surface area (TPSA) is 77.8 Å². The molecule has 1 aromatic carbocycles.